The van der Waals surface area contributed by atoms with Gasteiger partial charge in [-0.3, -0.25) is 14.9 Å². The molecule has 0 aliphatic heterocycles. The number of rotatable bonds is 6. The summed E-state index contributed by atoms with van der Waals surface area (Å²) in [6.07, 6.45) is 0.998. The van der Waals surface area contributed by atoms with Crippen molar-refractivity contribution in [1.29, 1.82) is 0 Å². The van der Waals surface area contributed by atoms with Gasteiger partial charge in [0.05, 0.1) is 17.9 Å². The number of amides is 1. The fourth-order valence-corrected chi connectivity index (χ4v) is 2.86. The van der Waals surface area contributed by atoms with Gasteiger partial charge in [0, 0.05) is 21.4 Å². The molecule has 0 saturated heterocycles. The van der Waals surface area contributed by atoms with Gasteiger partial charge >= 0.3 is 0 Å². The molecule has 2 rings (SSSR count). The van der Waals surface area contributed by atoms with E-state index in [0.717, 1.165) is 11.3 Å². The first-order valence-electron chi connectivity index (χ1n) is 6.66. The molecule has 1 N–H and O–H groups in total. The molecule has 21 heavy (non-hydrogen) atoms. The summed E-state index contributed by atoms with van der Waals surface area (Å²) in [6, 6.07) is 10.4. The Bertz CT molecular complexity index is 652. The lowest BCUT2D eigenvalue weighted by atomic mass is 10.1. The van der Waals surface area contributed by atoms with Crippen molar-refractivity contribution in [3.8, 4) is 0 Å². The van der Waals surface area contributed by atoms with E-state index in [-0.39, 0.29) is 18.0 Å². The summed E-state index contributed by atoms with van der Waals surface area (Å²) in [7, 11) is 0. The van der Waals surface area contributed by atoms with Crippen LogP contribution in [0.2, 0.25) is 0 Å². The average Bonchev–Trinajstić information content (AvgIpc) is 2.93. The molecule has 0 fully saturated rings. The van der Waals surface area contributed by atoms with Crippen LogP contribution in [-0.2, 0) is 24.2 Å². The minimum atomic E-state index is -0.463. The molecule has 0 spiro atoms. The minimum absolute atomic E-state index is 0.0166. The lowest BCUT2D eigenvalue weighted by Crippen LogP contribution is -2.24. The predicted molar refractivity (Wildman–Crippen MR) is 82.3 cm³/mol. The topological polar surface area (TPSA) is 72.2 Å². The average molecular weight is 304 g/mol. The van der Waals surface area contributed by atoms with Crippen molar-refractivity contribution in [2.24, 2.45) is 0 Å². The van der Waals surface area contributed by atoms with Crippen molar-refractivity contribution >= 4 is 22.9 Å². The van der Waals surface area contributed by atoms with Crippen molar-refractivity contribution in [1.82, 2.24) is 5.32 Å². The number of carbonyl (C=O) groups excluding carboxylic acids is 1. The fraction of sp³-hybridized carbons (Fsp3) is 0.267. The number of nitro benzene ring substituents is 1. The SMILES string of the molecule is CCc1ccc(CNC(=O)Cc2ccccc2[N+](=O)[O-])s1. The first kappa shape index (κ1) is 15.2. The Kier molecular flexibility index (Phi) is 5.05. The lowest BCUT2D eigenvalue weighted by Gasteiger charge is -2.04. The third-order valence-corrected chi connectivity index (χ3v) is 4.29. The standard InChI is InChI=1S/C15H16N2O3S/c1-2-12-7-8-13(21-12)10-16-15(18)9-11-5-3-4-6-14(11)17(19)20/h3-8H,2,9-10H2,1H3,(H,16,18). The van der Waals surface area contributed by atoms with E-state index >= 15 is 0 Å². The zero-order chi connectivity index (χ0) is 15.2. The number of benzene rings is 1. The van der Waals surface area contributed by atoms with Crippen LogP contribution in [0.25, 0.3) is 0 Å². The normalized spacial score (nSPS) is 10.3. The van der Waals surface area contributed by atoms with E-state index < -0.39 is 4.92 Å². The maximum absolute atomic E-state index is 11.9. The van der Waals surface area contributed by atoms with Crippen LogP contribution in [0.1, 0.15) is 22.2 Å². The Morgan fingerprint density at radius 1 is 1.24 bits per heavy atom. The number of hydrogen-bond donors (Lipinski definition) is 1. The van der Waals surface area contributed by atoms with Gasteiger partial charge in [-0.05, 0) is 18.6 Å². The van der Waals surface area contributed by atoms with E-state index in [2.05, 4.69) is 12.2 Å². The van der Waals surface area contributed by atoms with Gasteiger partial charge in [-0.25, -0.2) is 0 Å². The van der Waals surface area contributed by atoms with Gasteiger partial charge in [0.25, 0.3) is 5.69 Å². The highest BCUT2D eigenvalue weighted by atomic mass is 32.1. The summed E-state index contributed by atoms with van der Waals surface area (Å²) in [5.41, 5.74) is 0.414. The van der Waals surface area contributed by atoms with Crippen LogP contribution >= 0.6 is 11.3 Å². The van der Waals surface area contributed by atoms with Gasteiger partial charge in [-0.1, -0.05) is 25.1 Å². The number of carbonyl (C=O) groups is 1. The molecule has 5 nitrogen and oxygen atoms in total. The Balaban J connectivity index is 1.94. The first-order chi connectivity index (χ1) is 10.1. The second-order valence-electron chi connectivity index (χ2n) is 4.56. The predicted octanol–water partition coefficient (Wildman–Crippen LogP) is 3.08. The third-order valence-electron chi connectivity index (χ3n) is 3.06. The van der Waals surface area contributed by atoms with Gasteiger partial charge < -0.3 is 5.32 Å². The van der Waals surface area contributed by atoms with Crippen LogP contribution in [0.15, 0.2) is 36.4 Å². The van der Waals surface area contributed by atoms with Crippen LogP contribution in [0.5, 0.6) is 0 Å². The summed E-state index contributed by atoms with van der Waals surface area (Å²) in [5, 5.41) is 13.7. The summed E-state index contributed by atoms with van der Waals surface area (Å²) in [6.45, 7) is 2.55. The molecule has 2 aromatic rings. The monoisotopic (exact) mass is 304 g/mol. The summed E-state index contributed by atoms with van der Waals surface area (Å²) < 4.78 is 0. The largest absolute Gasteiger partial charge is 0.351 e. The molecule has 1 aromatic carbocycles. The highest BCUT2D eigenvalue weighted by Gasteiger charge is 2.15. The maximum atomic E-state index is 11.9. The van der Waals surface area contributed by atoms with Crippen LogP contribution in [0.4, 0.5) is 5.69 Å². The second kappa shape index (κ2) is 6.99. The first-order valence-corrected chi connectivity index (χ1v) is 7.48. The summed E-state index contributed by atoms with van der Waals surface area (Å²) in [5.74, 6) is -0.212. The van der Waals surface area contributed by atoms with E-state index in [1.54, 1.807) is 29.5 Å². The number of hydrogen-bond acceptors (Lipinski definition) is 4. The molecule has 0 unspecified atom stereocenters. The van der Waals surface area contributed by atoms with Crippen LogP contribution in [0, 0.1) is 10.1 Å². The molecule has 1 aromatic heterocycles. The Hall–Kier alpha value is -2.21. The number of thiophene rings is 1. The van der Waals surface area contributed by atoms with Crippen molar-refractivity contribution in [3.05, 3.63) is 61.8 Å². The Morgan fingerprint density at radius 2 is 1.95 bits per heavy atom. The van der Waals surface area contributed by atoms with Crippen molar-refractivity contribution in [2.45, 2.75) is 26.3 Å². The van der Waals surface area contributed by atoms with Crippen LogP contribution < -0.4 is 5.32 Å². The van der Waals surface area contributed by atoms with Gasteiger partial charge in [0.2, 0.25) is 5.91 Å². The fourth-order valence-electron chi connectivity index (χ4n) is 1.97. The molecule has 0 atom stereocenters. The lowest BCUT2D eigenvalue weighted by molar-refractivity contribution is -0.385. The number of para-hydroxylation sites is 1. The van der Waals surface area contributed by atoms with Crippen LogP contribution in [0.3, 0.4) is 0 Å². The third kappa shape index (κ3) is 4.13. The van der Waals surface area contributed by atoms with E-state index in [0.29, 0.717) is 12.1 Å². The van der Waals surface area contributed by atoms with E-state index in [9.17, 15) is 14.9 Å². The van der Waals surface area contributed by atoms with Crippen LogP contribution in [-0.4, -0.2) is 10.8 Å². The number of nitrogens with zero attached hydrogens (tertiary/aromatic N) is 1. The second-order valence-corrected chi connectivity index (χ2v) is 5.81. The van der Waals surface area contributed by atoms with Crippen molar-refractivity contribution < 1.29 is 9.72 Å². The van der Waals surface area contributed by atoms with E-state index in [1.807, 2.05) is 12.1 Å². The molecule has 110 valence electrons. The molecule has 0 aliphatic rings. The van der Waals surface area contributed by atoms with Gasteiger partial charge in [0.1, 0.15) is 0 Å². The Morgan fingerprint density at radius 3 is 2.62 bits per heavy atom. The van der Waals surface area contributed by atoms with E-state index in [1.165, 1.54) is 10.9 Å². The number of nitro groups is 1. The molecular weight excluding hydrogens is 288 g/mol. The Labute approximate surface area is 126 Å². The zero-order valence-electron chi connectivity index (χ0n) is 11.7. The molecule has 1 amide bonds. The quantitative estimate of drug-likeness (QED) is 0.658. The highest BCUT2D eigenvalue weighted by Crippen LogP contribution is 2.19. The maximum Gasteiger partial charge on any atom is 0.273 e. The van der Waals surface area contributed by atoms with Gasteiger partial charge in [0.15, 0.2) is 0 Å². The number of aryl methyl sites for hydroxylation is 1. The molecule has 0 bridgehead atoms. The highest BCUT2D eigenvalue weighted by molar-refractivity contribution is 7.11. The van der Waals surface area contributed by atoms with E-state index in [4.69, 9.17) is 0 Å². The molecule has 0 radical (unpaired) electrons. The smallest absolute Gasteiger partial charge is 0.273 e. The minimum Gasteiger partial charge on any atom is -0.351 e. The van der Waals surface area contributed by atoms with Crippen molar-refractivity contribution in [2.75, 3.05) is 0 Å². The number of nitrogens with one attached hydrogen (secondary N) is 1. The zero-order valence-corrected chi connectivity index (χ0v) is 12.5. The molecule has 6 heteroatoms. The van der Waals surface area contributed by atoms with Crippen molar-refractivity contribution in [3.63, 3.8) is 0 Å². The van der Waals surface area contributed by atoms with Gasteiger partial charge in [-0.2, -0.15) is 0 Å². The summed E-state index contributed by atoms with van der Waals surface area (Å²) in [4.78, 5) is 24.7. The molecule has 0 aliphatic carbocycles. The summed E-state index contributed by atoms with van der Waals surface area (Å²) >= 11 is 1.67. The molecule has 1 heterocycles. The van der Waals surface area contributed by atoms with Gasteiger partial charge in [-0.15, -0.1) is 11.3 Å². The molecular formula is C15H16N2O3S. The molecule has 0 saturated carbocycles.